The molecule has 1 aromatic heterocycles. The van der Waals surface area contributed by atoms with Crippen molar-refractivity contribution in [1.29, 1.82) is 0 Å². The first kappa shape index (κ1) is 20.8. The maximum atomic E-state index is 13.0. The number of hydrogen-bond donors (Lipinski definition) is 2. The normalized spacial score (nSPS) is 10.8. The van der Waals surface area contributed by atoms with Crippen LogP contribution in [0.5, 0.6) is 0 Å². The molecular weight excluding hydrogens is 415 g/mol. The Balaban J connectivity index is 1.44. The van der Waals surface area contributed by atoms with Crippen LogP contribution < -0.4 is 10.6 Å². The minimum Gasteiger partial charge on any atom is -0.368 e. The third-order valence-corrected chi connectivity index (χ3v) is 4.94. The Labute approximate surface area is 184 Å². The van der Waals surface area contributed by atoms with Crippen molar-refractivity contribution in [2.45, 2.75) is 6.42 Å². The van der Waals surface area contributed by atoms with Crippen LogP contribution in [0.15, 0.2) is 72.8 Å². The highest BCUT2D eigenvalue weighted by molar-refractivity contribution is 6.31. The minimum absolute atomic E-state index is 0.127. The van der Waals surface area contributed by atoms with Gasteiger partial charge in [-0.3, -0.25) is 4.79 Å². The predicted octanol–water partition coefficient (Wildman–Crippen LogP) is 4.86. The lowest BCUT2D eigenvalue weighted by atomic mass is 10.1. The van der Waals surface area contributed by atoms with Crippen molar-refractivity contribution in [3.8, 4) is 11.4 Å². The number of carbonyl (C=O) groups is 1. The second kappa shape index (κ2) is 9.53. The summed E-state index contributed by atoms with van der Waals surface area (Å²) >= 11 is 6.16. The molecule has 4 rings (SSSR count). The van der Waals surface area contributed by atoms with Crippen molar-refractivity contribution in [3.63, 3.8) is 0 Å². The van der Waals surface area contributed by atoms with E-state index in [-0.39, 0.29) is 18.1 Å². The summed E-state index contributed by atoms with van der Waals surface area (Å²) in [5.74, 6) is 0.825. The molecule has 0 atom stereocenters. The second-order valence-electron chi connectivity index (χ2n) is 7.00. The first-order chi connectivity index (χ1) is 15.1. The molecule has 5 nitrogen and oxygen atoms in total. The number of carbonyl (C=O) groups excluding carboxylic acids is 1. The third kappa shape index (κ3) is 5.35. The third-order valence-electron chi connectivity index (χ3n) is 4.71. The van der Waals surface area contributed by atoms with Gasteiger partial charge in [0.2, 0.25) is 5.91 Å². The summed E-state index contributed by atoms with van der Waals surface area (Å²) in [5.41, 5.74) is 2.40. The summed E-state index contributed by atoms with van der Waals surface area (Å²) in [4.78, 5) is 21.4. The topological polar surface area (TPSA) is 66.9 Å². The van der Waals surface area contributed by atoms with Gasteiger partial charge in [0.15, 0.2) is 5.82 Å². The van der Waals surface area contributed by atoms with Crippen molar-refractivity contribution in [1.82, 2.24) is 15.3 Å². The van der Waals surface area contributed by atoms with Crippen molar-refractivity contribution in [2.24, 2.45) is 0 Å². The lowest BCUT2D eigenvalue weighted by molar-refractivity contribution is -0.120. The summed E-state index contributed by atoms with van der Waals surface area (Å²) < 4.78 is 13.0. The smallest absolute Gasteiger partial charge is 0.224 e. The number of aromatic nitrogens is 2. The lowest BCUT2D eigenvalue weighted by Crippen LogP contribution is -2.30. The molecule has 3 aromatic carbocycles. The molecule has 0 radical (unpaired) electrons. The highest BCUT2D eigenvalue weighted by Gasteiger charge is 2.10. The summed E-state index contributed by atoms with van der Waals surface area (Å²) in [5, 5.41) is 7.60. The molecule has 1 heterocycles. The second-order valence-corrected chi connectivity index (χ2v) is 7.44. The largest absolute Gasteiger partial charge is 0.368 e. The van der Waals surface area contributed by atoms with Crippen molar-refractivity contribution in [2.75, 3.05) is 18.4 Å². The van der Waals surface area contributed by atoms with Crippen molar-refractivity contribution < 1.29 is 9.18 Å². The van der Waals surface area contributed by atoms with E-state index < -0.39 is 0 Å². The molecule has 7 heteroatoms. The van der Waals surface area contributed by atoms with Gasteiger partial charge < -0.3 is 10.6 Å². The molecule has 0 aliphatic carbocycles. The molecule has 2 N–H and O–H groups in total. The van der Waals surface area contributed by atoms with Crippen LogP contribution in [-0.4, -0.2) is 29.0 Å². The molecule has 0 aliphatic rings. The van der Waals surface area contributed by atoms with Gasteiger partial charge in [-0.15, -0.1) is 0 Å². The Kier molecular flexibility index (Phi) is 6.38. The number of halogens is 2. The molecule has 31 heavy (non-hydrogen) atoms. The first-order valence-electron chi connectivity index (χ1n) is 9.86. The van der Waals surface area contributed by atoms with E-state index >= 15 is 0 Å². The highest BCUT2D eigenvalue weighted by atomic mass is 35.5. The van der Waals surface area contributed by atoms with Gasteiger partial charge in [-0.1, -0.05) is 54.1 Å². The van der Waals surface area contributed by atoms with Gasteiger partial charge in [0.1, 0.15) is 11.6 Å². The number of anilines is 1. The van der Waals surface area contributed by atoms with Crippen LogP contribution in [0.4, 0.5) is 10.2 Å². The molecule has 0 fully saturated rings. The number of nitrogens with one attached hydrogen (secondary N) is 2. The predicted molar refractivity (Wildman–Crippen MR) is 122 cm³/mol. The first-order valence-corrected chi connectivity index (χ1v) is 10.2. The van der Waals surface area contributed by atoms with Crippen molar-refractivity contribution in [3.05, 3.63) is 89.2 Å². The summed E-state index contributed by atoms with van der Waals surface area (Å²) in [6.07, 6.45) is 0.202. The molecular formula is C24H20ClFN4O. The van der Waals surface area contributed by atoms with E-state index in [0.717, 1.165) is 22.0 Å². The number of fused-ring (bicyclic) bond motifs is 1. The Morgan fingerprint density at radius 3 is 2.48 bits per heavy atom. The van der Waals surface area contributed by atoms with E-state index in [1.807, 2.05) is 36.4 Å². The quantitative estimate of drug-likeness (QED) is 0.408. The van der Waals surface area contributed by atoms with Gasteiger partial charge in [-0.05, 0) is 35.9 Å². The summed E-state index contributed by atoms with van der Waals surface area (Å²) in [6, 6.07) is 21.1. The fraction of sp³-hybridized carbons (Fsp3) is 0.125. The molecule has 0 aliphatic heterocycles. The van der Waals surface area contributed by atoms with Crippen LogP contribution in [0.3, 0.4) is 0 Å². The number of rotatable bonds is 7. The number of nitrogens with zero attached hydrogens (tertiary/aromatic N) is 2. The molecule has 0 saturated carbocycles. The summed E-state index contributed by atoms with van der Waals surface area (Å²) in [7, 11) is 0. The van der Waals surface area contributed by atoms with E-state index in [4.69, 9.17) is 11.6 Å². The van der Waals surface area contributed by atoms with E-state index in [0.29, 0.717) is 29.8 Å². The van der Waals surface area contributed by atoms with Gasteiger partial charge in [-0.25, -0.2) is 14.4 Å². The van der Waals surface area contributed by atoms with Gasteiger partial charge in [0, 0.05) is 29.1 Å². The minimum atomic E-state index is -0.318. The van der Waals surface area contributed by atoms with Gasteiger partial charge >= 0.3 is 0 Å². The van der Waals surface area contributed by atoms with Crippen LogP contribution in [0.25, 0.3) is 22.3 Å². The van der Waals surface area contributed by atoms with E-state index in [1.54, 1.807) is 24.3 Å². The van der Waals surface area contributed by atoms with Gasteiger partial charge in [-0.2, -0.15) is 0 Å². The average molecular weight is 435 g/mol. The Hall–Kier alpha value is -3.51. The molecule has 1 amide bonds. The maximum Gasteiger partial charge on any atom is 0.224 e. The number of amides is 1. The van der Waals surface area contributed by atoms with Gasteiger partial charge in [0.05, 0.1) is 11.9 Å². The number of benzene rings is 3. The maximum absolute atomic E-state index is 13.0. The zero-order valence-electron chi connectivity index (χ0n) is 16.6. The molecule has 0 saturated heterocycles. The van der Waals surface area contributed by atoms with Crippen molar-refractivity contribution >= 4 is 34.2 Å². The zero-order chi connectivity index (χ0) is 21.6. The average Bonchev–Trinajstić information content (AvgIpc) is 2.78. The van der Waals surface area contributed by atoms with Crippen LogP contribution in [0, 0.1) is 5.82 Å². The molecule has 0 spiro atoms. The highest BCUT2D eigenvalue weighted by Crippen LogP contribution is 2.27. The SMILES string of the molecule is O=C(Cc1ccc(F)cc1)NCCNc1nc(-c2ccccc2)nc2cc(Cl)ccc12. The van der Waals surface area contributed by atoms with Crippen LogP contribution in [0.1, 0.15) is 5.56 Å². The summed E-state index contributed by atoms with van der Waals surface area (Å²) in [6.45, 7) is 0.901. The Morgan fingerprint density at radius 1 is 0.935 bits per heavy atom. The fourth-order valence-electron chi connectivity index (χ4n) is 3.19. The molecule has 0 unspecified atom stereocenters. The Morgan fingerprint density at radius 2 is 1.71 bits per heavy atom. The van der Waals surface area contributed by atoms with E-state index in [1.165, 1.54) is 12.1 Å². The standard InChI is InChI=1S/C24H20ClFN4O/c25-18-8-11-20-21(15-18)29-23(17-4-2-1-3-5-17)30-24(20)28-13-12-27-22(31)14-16-6-9-19(26)10-7-16/h1-11,15H,12-14H2,(H,27,31)(H,28,29,30). The zero-order valence-corrected chi connectivity index (χ0v) is 17.4. The van der Waals surface area contributed by atoms with E-state index in [2.05, 4.69) is 20.6 Å². The van der Waals surface area contributed by atoms with Crippen LogP contribution >= 0.6 is 11.6 Å². The van der Waals surface area contributed by atoms with Crippen LogP contribution in [0.2, 0.25) is 5.02 Å². The Bertz CT molecular complexity index is 1200. The van der Waals surface area contributed by atoms with Gasteiger partial charge in [0.25, 0.3) is 0 Å². The van der Waals surface area contributed by atoms with Crippen LogP contribution in [-0.2, 0) is 11.2 Å². The molecule has 0 bridgehead atoms. The lowest BCUT2D eigenvalue weighted by Gasteiger charge is -2.12. The fourth-order valence-corrected chi connectivity index (χ4v) is 3.35. The number of hydrogen-bond acceptors (Lipinski definition) is 4. The monoisotopic (exact) mass is 434 g/mol. The molecule has 4 aromatic rings. The van der Waals surface area contributed by atoms with E-state index in [9.17, 15) is 9.18 Å². The molecule has 156 valence electrons.